The zero-order valence-electron chi connectivity index (χ0n) is 29.5. The monoisotopic (exact) mass is 600 g/mol. The Morgan fingerprint density at radius 2 is 0.537 bits per heavy atom. The van der Waals surface area contributed by atoms with E-state index < -0.39 is 0 Å². The van der Waals surface area contributed by atoms with Gasteiger partial charge in [-0.1, -0.05) is 154 Å². The first-order chi connectivity index (χ1) is 18.5. The van der Waals surface area contributed by atoms with E-state index in [4.69, 9.17) is 0 Å². The fourth-order valence-corrected chi connectivity index (χ4v) is 11.2. The van der Waals surface area contributed by atoms with Crippen LogP contribution in [0.5, 0.6) is 0 Å². The topological polar surface area (TPSA) is 0 Å². The second-order valence-electron chi connectivity index (χ2n) is 18.6. The summed E-state index contributed by atoms with van der Waals surface area (Å²) in [5.41, 5.74) is 2.53. The van der Waals surface area contributed by atoms with Crippen LogP contribution in [0.1, 0.15) is 160 Å². The molecule has 0 aromatic rings. The number of hydrogen-bond acceptors (Lipinski definition) is 0. The maximum atomic E-state index is 2.44. The molecule has 0 aromatic heterocycles. The standard InChI is InChI=1S/4C10H17.Cr/c4*1-7-8-4-5-9(6-8)10(7,2)3;/h4*7,9H,4-6H2,1-3H3;/q4*-1;+4. The van der Waals surface area contributed by atoms with E-state index in [0.29, 0.717) is 21.7 Å². The van der Waals surface area contributed by atoms with Crippen LogP contribution in [0.25, 0.3) is 0 Å². The molecule has 8 aliphatic rings. The van der Waals surface area contributed by atoms with Crippen molar-refractivity contribution < 1.29 is 17.4 Å². The van der Waals surface area contributed by atoms with Crippen molar-refractivity contribution in [2.24, 2.45) is 69.0 Å². The summed E-state index contributed by atoms with van der Waals surface area (Å²) in [5, 5.41) is 0. The van der Waals surface area contributed by atoms with E-state index in [0.717, 1.165) is 47.3 Å². The van der Waals surface area contributed by atoms with Crippen molar-refractivity contribution >= 4 is 0 Å². The molecule has 8 aliphatic carbocycles. The minimum absolute atomic E-state index is 0. The summed E-state index contributed by atoms with van der Waals surface area (Å²) in [7, 11) is 0. The molecule has 8 saturated carbocycles. The van der Waals surface area contributed by atoms with E-state index >= 15 is 0 Å². The average Bonchev–Trinajstić information content (AvgIpc) is 3.74. The van der Waals surface area contributed by atoms with Crippen molar-refractivity contribution in [3.05, 3.63) is 23.7 Å². The summed E-state index contributed by atoms with van der Waals surface area (Å²) in [6.07, 6.45) is 17.5. The van der Waals surface area contributed by atoms with Crippen LogP contribution < -0.4 is 0 Å². The molecule has 8 bridgehead atoms. The fourth-order valence-electron chi connectivity index (χ4n) is 11.2. The minimum atomic E-state index is 0. The van der Waals surface area contributed by atoms with Crippen LogP contribution in [-0.4, -0.2) is 0 Å². The molecule has 234 valence electrons. The van der Waals surface area contributed by atoms with Gasteiger partial charge in [-0.2, -0.15) is 75.0 Å². The Balaban J connectivity index is 0.000000125. The van der Waals surface area contributed by atoms with Crippen molar-refractivity contribution in [3.8, 4) is 0 Å². The first kappa shape index (κ1) is 34.4. The maximum Gasteiger partial charge on any atom is 4.00 e. The molecule has 8 atom stereocenters. The van der Waals surface area contributed by atoms with Crippen LogP contribution in [0, 0.1) is 92.7 Å². The summed E-state index contributed by atoms with van der Waals surface area (Å²) >= 11 is 0. The molecule has 0 aliphatic heterocycles. The van der Waals surface area contributed by atoms with Gasteiger partial charge in [-0.15, -0.1) is 0 Å². The molecule has 1 heteroatoms. The predicted molar refractivity (Wildman–Crippen MR) is 174 cm³/mol. The van der Waals surface area contributed by atoms with Gasteiger partial charge in [-0.05, 0) is 0 Å². The molecule has 8 fully saturated rings. The summed E-state index contributed by atoms with van der Waals surface area (Å²) in [6.45, 7) is 29.2. The van der Waals surface area contributed by atoms with E-state index in [-0.39, 0.29) is 17.4 Å². The molecular formula is C40H68Cr. The van der Waals surface area contributed by atoms with Crippen LogP contribution >= 0.6 is 0 Å². The van der Waals surface area contributed by atoms with Gasteiger partial charge in [0.2, 0.25) is 0 Å². The Morgan fingerprint density at radius 1 is 0.366 bits per heavy atom. The van der Waals surface area contributed by atoms with Gasteiger partial charge in [0.25, 0.3) is 0 Å². The van der Waals surface area contributed by atoms with Crippen molar-refractivity contribution in [3.63, 3.8) is 0 Å². The van der Waals surface area contributed by atoms with Crippen molar-refractivity contribution in [2.45, 2.75) is 160 Å². The molecule has 0 heterocycles. The maximum absolute atomic E-state index is 2.44. The van der Waals surface area contributed by atoms with Gasteiger partial charge in [0.05, 0.1) is 0 Å². The van der Waals surface area contributed by atoms with E-state index in [1.807, 2.05) is 23.7 Å². The summed E-state index contributed by atoms with van der Waals surface area (Å²) < 4.78 is 0. The van der Waals surface area contributed by atoms with Crippen LogP contribution in [-0.2, 0) is 17.4 Å². The van der Waals surface area contributed by atoms with Gasteiger partial charge in [-0.25, -0.2) is 0 Å². The second kappa shape index (κ2) is 12.0. The minimum Gasteiger partial charge on any atom is -0.310 e. The zero-order chi connectivity index (χ0) is 29.4. The Hall–Kier alpha value is 0.532. The third-order valence-corrected chi connectivity index (χ3v) is 16.4. The Labute approximate surface area is 269 Å². The number of hydrogen-bond donors (Lipinski definition) is 0. The molecule has 0 radical (unpaired) electrons. The molecule has 0 aromatic carbocycles. The summed E-state index contributed by atoms with van der Waals surface area (Å²) in [5.74, 6) is 15.2. The number of fused-ring (bicyclic) bond motifs is 8. The molecule has 0 saturated heterocycles. The van der Waals surface area contributed by atoms with Gasteiger partial charge in [-0.3, -0.25) is 0 Å². The molecule has 8 unspecified atom stereocenters. The van der Waals surface area contributed by atoms with Gasteiger partial charge < -0.3 is 23.7 Å². The largest absolute Gasteiger partial charge is 4.00 e. The second-order valence-corrected chi connectivity index (χ2v) is 18.6. The Kier molecular flexibility index (Phi) is 10.1. The van der Waals surface area contributed by atoms with Crippen molar-refractivity contribution in [2.75, 3.05) is 0 Å². The Morgan fingerprint density at radius 3 is 0.610 bits per heavy atom. The van der Waals surface area contributed by atoms with E-state index in [2.05, 4.69) is 83.1 Å². The van der Waals surface area contributed by atoms with Crippen LogP contribution in [0.3, 0.4) is 0 Å². The molecule has 0 nitrogen and oxygen atoms in total. The van der Waals surface area contributed by atoms with Gasteiger partial charge in [0, 0.05) is 0 Å². The van der Waals surface area contributed by atoms with E-state index in [1.165, 1.54) is 77.0 Å². The normalized spacial score (nSPS) is 43.6. The van der Waals surface area contributed by atoms with Gasteiger partial charge in [0.15, 0.2) is 0 Å². The first-order valence-electron chi connectivity index (χ1n) is 17.9. The van der Waals surface area contributed by atoms with Crippen molar-refractivity contribution in [1.82, 2.24) is 0 Å². The molecule has 8 rings (SSSR count). The third-order valence-electron chi connectivity index (χ3n) is 16.4. The van der Waals surface area contributed by atoms with E-state index in [1.54, 1.807) is 0 Å². The van der Waals surface area contributed by atoms with Crippen LogP contribution in [0.2, 0.25) is 0 Å². The zero-order valence-corrected chi connectivity index (χ0v) is 30.8. The average molecular weight is 601 g/mol. The third kappa shape index (κ3) is 5.95. The SMILES string of the molecule is CC1[C-]2CCC(C2)C1(C)C.CC1[C-]2CCC(C2)C1(C)C.CC1[C-]2CCC(C2)C1(C)C.CC1[C-]2CCC(C2)C1(C)C.[Cr+4]. The molecular weight excluding hydrogens is 532 g/mol. The Bertz CT molecular complexity index is 719. The first-order valence-corrected chi connectivity index (χ1v) is 17.9. The van der Waals surface area contributed by atoms with Gasteiger partial charge in [0.1, 0.15) is 0 Å². The summed E-state index contributed by atoms with van der Waals surface area (Å²) in [6, 6.07) is 0. The quantitative estimate of drug-likeness (QED) is 0.243. The van der Waals surface area contributed by atoms with Gasteiger partial charge >= 0.3 is 17.4 Å². The smallest absolute Gasteiger partial charge is 0.310 e. The fraction of sp³-hybridized carbons (Fsp3) is 0.900. The van der Waals surface area contributed by atoms with Crippen LogP contribution in [0.4, 0.5) is 0 Å². The summed E-state index contributed by atoms with van der Waals surface area (Å²) in [4.78, 5) is 0. The molecule has 0 amide bonds. The molecule has 0 N–H and O–H groups in total. The molecule has 0 spiro atoms. The predicted octanol–water partition coefficient (Wildman–Crippen LogP) is 12.1. The van der Waals surface area contributed by atoms with Crippen LogP contribution in [0.15, 0.2) is 0 Å². The van der Waals surface area contributed by atoms with E-state index in [9.17, 15) is 0 Å². The molecule has 41 heavy (non-hydrogen) atoms. The number of rotatable bonds is 0. The van der Waals surface area contributed by atoms with Crippen molar-refractivity contribution in [1.29, 1.82) is 0 Å².